The Kier molecular flexibility index (Phi) is 10.8. The van der Waals surface area contributed by atoms with Crippen molar-refractivity contribution in [2.45, 2.75) is 71.9 Å². The number of aliphatic carboxylic acids is 1. The maximum absolute atomic E-state index is 12.3. The van der Waals surface area contributed by atoms with E-state index in [0.29, 0.717) is 19.4 Å². The second kappa shape index (κ2) is 11.7. The van der Waals surface area contributed by atoms with Gasteiger partial charge in [0.15, 0.2) is 0 Å². The highest BCUT2D eigenvalue weighted by molar-refractivity contribution is 5.89. The van der Waals surface area contributed by atoms with Crippen LogP contribution in [0.1, 0.15) is 59.8 Å². The number of carboxylic acids is 1. The number of hydrogen-bond acceptors (Lipinski definition) is 4. The second-order valence-corrected chi connectivity index (χ2v) is 5.90. The quantitative estimate of drug-likeness (QED) is 0.504. The van der Waals surface area contributed by atoms with Crippen LogP contribution in [-0.2, 0) is 14.3 Å². The van der Waals surface area contributed by atoms with Gasteiger partial charge in [-0.15, -0.1) is 0 Å². The predicted molar refractivity (Wildman–Crippen MR) is 87.1 cm³/mol. The van der Waals surface area contributed by atoms with Crippen molar-refractivity contribution in [3.05, 3.63) is 0 Å². The van der Waals surface area contributed by atoms with Crippen LogP contribution in [0.15, 0.2) is 0 Å². The molecule has 3 N–H and O–H groups in total. The van der Waals surface area contributed by atoms with Crippen molar-refractivity contribution in [3.63, 3.8) is 0 Å². The van der Waals surface area contributed by atoms with Crippen LogP contribution in [0.2, 0.25) is 0 Å². The first kappa shape index (κ1) is 21.2. The molecule has 0 aliphatic carbocycles. The molecule has 0 bridgehead atoms. The zero-order valence-corrected chi connectivity index (χ0v) is 14.6. The fourth-order valence-corrected chi connectivity index (χ4v) is 1.94. The molecule has 0 radical (unpaired) electrons. The zero-order valence-electron chi connectivity index (χ0n) is 14.6. The second-order valence-electron chi connectivity index (χ2n) is 5.90. The molecule has 0 rings (SSSR count). The van der Waals surface area contributed by atoms with E-state index in [1.165, 1.54) is 0 Å². The van der Waals surface area contributed by atoms with Gasteiger partial charge in [0.2, 0.25) is 5.91 Å². The third-order valence-electron chi connectivity index (χ3n) is 3.41. The van der Waals surface area contributed by atoms with Gasteiger partial charge in [0.1, 0.15) is 12.1 Å². The van der Waals surface area contributed by atoms with Gasteiger partial charge in [-0.2, -0.15) is 0 Å². The molecular weight excluding hydrogens is 300 g/mol. The molecule has 2 amide bonds. The van der Waals surface area contributed by atoms with E-state index in [1.807, 2.05) is 13.8 Å². The fourth-order valence-electron chi connectivity index (χ4n) is 1.94. The van der Waals surface area contributed by atoms with Crippen molar-refractivity contribution in [2.24, 2.45) is 5.92 Å². The predicted octanol–water partition coefficient (Wildman–Crippen LogP) is 2.30. The smallest absolute Gasteiger partial charge is 0.407 e. The molecule has 0 spiro atoms. The summed E-state index contributed by atoms with van der Waals surface area (Å²) < 4.78 is 4.98. The minimum absolute atomic E-state index is 0.186. The Bertz CT molecular complexity index is 385. The van der Waals surface area contributed by atoms with Gasteiger partial charge < -0.3 is 20.5 Å². The topological polar surface area (TPSA) is 105 Å². The Morgan fingerprint density at radius 3 is 2.13 bits per heavy atom. The lowest BCUT2D eigenvalue weighted by Crippen LogP contribution is -2.53. The molecule has 0 aromatic carbocycles. The van der Waals surface area contributed by atoms with Crippen molar-refractivity contribution in [3.8, 4) is 0 Å². The number of nitrogens with one attached hydrogen (secondary N) is 2. The highest BCUT2D eigenvalue weighted by Crippen LogP contribution is 2.06. The van der Waals surface area contributed by atoms with Crippen LogP contribution >= 0.6 is 0 Å². The summed E-state index contributed by atoms with van der Waals surface area (Å²) in [5.41, 5.74) is 0. The number of amides is 2. The highest BCUT2D eigenvalue weighted by Gasteiger charge is 2.28. The summed E-state index contributed by atoms with van der Waals surface area (Å²) in [5, 5.41) is 14.2. The molecule has 0 aromatic rings. The molecule has 134 valence electrons. The van der Waals surface area contributed by atoms with Crippen LogP contribution in [0.3, 0.4) is 0 Å². The van der Waals surface area contributed by atoms with Crippen LogP contribution in [0.4, 0.5) is 4.79 Å². The number of unbranched alkanes of at least 4 members (excludes halogenated alkanes) is 2. The molecule has 0 aromatic heterocycles. The Balaban J connectivity index is 4.64. The van der Waals surface area contributed by atoms with Crippen LogP contribution in [0.25, 0.3) is 0 Å². The fraction of sp³-hybridized carbons (Fsp3) is 0.812. The highest BCUT2D eigenvalue weighted by atomic mass is 16.5. The maximum Gasteiger partial charge on any atom is 0.407 e. The van der Waals surface area contributed by atoms with Crippen LogP contribution in [0, 0.1) is 5.92 Å². The first-order valence-electron chi connectivity index (χ1n) is 8.29. The summed E-state index contributed by atoms with van der Waals surface area (Å²) in [6, 6.07) is -1.77. The largest absolute Gasteiger partial charge is 0.480 e. The third-order valence-corrected chi connectivity index (χ3v) is 3.41. The number of alkyl carbamates (subject to hydrolysis) is 1. The first-order chi connectivity index (χ1) is 10.8. The Morgan fingerprint density at radius 2 is 1.65 bits per heavy atom. The van der Waals surface area contributed by atoms with E-state index in [1.54, 1.807) is 13.8 Å². The summed E-state index contributed by atoms with van der Waals surface area (Å²) >= 11 is 0. The van der Waals surface area contributed by atoms with E-state index in [0.717, 1.165) is 19.3 Å². The number of carbonyl (C=O) groups is 3. The van der Waals surface area contributed by atoms with Crippen LogP contribution < -0.4 is 10.6 Å². The van der Waals surface area contributed by atoms with Gasteiger partial charge in [-0.1, -0.05) is 47.0 Å². The van der Waals surface area contributed by atoms with Crippen molar-refractivity contribution in [1.82, 2.24) is 10.6 Å². The molecule has 2 atom stereocenters. The van der Waals surface area contributed by atoms with E-state index in [2.05, 4.69) is 10.6 Å². The number of ether oxygens (including phenoxy) is 1. The molecule has 0 saturated heterocycles. The summed E-state index contributed by atoms with van der Waals surface area (Å²) in [6.45, 7) is 7.78. The van der Waals surface area contributed by atoms with Crippen molar-refractivity contribution in [1.29, 1.82) is 0 Å². The van der Waals surface area contributed by atoms with E-state index in [9.17, 15) is 14.4 Å². The molecule has 0 fully saturated rings. The van der Waals surface area contributed by atoms with Crippen LogP contribution in [0.5, 0.6) is 0 Å². The monoisotopic (exact) mass is 330 g/mol. The summed E-state index contributed by atoms with van der Waals surface area (Å²) in [7, 11) is 0. The number of hydrogen-bond donors (Lipinski definition) is 3. The SMILES string of the molecule is CCCCOC(=O)N[C@H](C(=O)N[C@@H](CCCC)C(=O)O)C(C)C. The molecular formula is C16H30N2O5. The summed E-state index contributed by atoms with van der Waals surface area (Å²) in [4.78, 5) is 35.2. The standard InChI is InChI=1S/C16H30N2O5/c1-5-7-9-12(15(20)21)17-14(19)13(11(3)4)18-16(22)23-10-8-6-2/h11-13H,5-10H2,1-4H3,(H,17,19)(H,18,22)(H,20,21)/t12-,13-/m0/s1. The molecule has 0 heterocycles. The molecule has 7 nitrogen and oxygen atoms in total. The average Bonchev–Trinajstić information content (AvgIpc) is 2.48. The van der Waals surface area contributed by atoms with Crippen LogP contribution in [-0.4, -0.2) is 41.8 Å². The molecule has 23 heavy (non-hydrogen) atoms. The number of carboxylic acid groups (broad SMARTS) is 1. The zero-order chi connectivity index (χ0) is 17.8. The Hall–Kier alpha value is -1.79. The molecule has 0 unspecified atom stereocenters. The van der Waals surface area contributed by atoms with Crippen molar-refractivity contribution >= 4 is 18.0 Å². The van der Waals surface area contributed by atoms with Gasteiger partial charge in [0, 0.05) is 0 Å². The minimum Gasteiger partial charge on any atom is -0.480 e. The third kappa shape index (κ3) is 9.05. The van der Waals surface area contributed by atoms with E-state index in [-0.39, 0.29) is 5.92 Å². The van der Waals surface area contributed by atoms with Gasteiger partial charge in [-0.25, -0.2) is 9.59 Å². The van der Waals surface area contributed by atoms with Gasteiger partial charge in [-0.3, -0.25) is 4.79 Å². The lowest BCUT2D eigenvalue weighted by Gasteiger charge is -2.23. The maximum atomic E-state index is 12.3. The normalized spacial score (nSPS) is 13.3. The number of rotatable bonds is 11. The molecule has 7 heteroatoms. The Morgan fingerprint density at radius 1 is 1.04 bits per heavy atom. The lowest BCUT2D eigenvalue weighted by atomic mass is 10.0. The van der Waals surface area contributed by atoms with Gasteiger partial charge in [0.25, 0.3) is 0 Å². The van der Waals surface area contributed by atoms with E-state index < -0.39 is 30.1 Å². The molecule has 0 aliphatic rings. The lowest BCUT2D eigenvalue weighted by molar-refractivity contribution is -0.142. The summed E-state index contributed by atoms with van der Waals surface area (Å²) in [6.07, 6.45) is 2.91. The van der Waals surface area contributed by atoms with E-state index >= 15 is 0 Å². The molecule has 0 saturated carbocycles. The van der Waals surface area contributed by atoms with E-state index in [4.69, 9.17) is 9.84 Å². The summed E-state index contributed by atoms with van der Waals surface area (Å²) in [5.74, 6) is -1.76. The van der Waals surface area contributed by atoms with Crippen molar-refractivity contribution in [2.75, 3.05) is 6.61 Å². The van der Waals surface area contributed by atoms with Gasteiger partial charge >= 0.3 is 12.1 Å². The van der Waals surface area contributed by atoms with Gasteiger partial charge in [0.05, 0.1) is 6.61 Å². The first-order valence-corrected chi connectivity index (χ1v) is 8.29. The minimum atomic E-state index is -1.07. The average molecular weight is 330 g/mol. The van der Waals surface area contributed by atoms with Crippen molar-refractivity contribution < 1.29 is 24.2 Å². The van der Waals surface area contributed by atoms with Gasteiger partial charge in [-0.05, 0) is 18.8 Å². The molecule has 0 aliphatic heterocycles. The number of carbonyl (C=O) groups excluding carboxylic acids is 2. The Labute approximate surface area is 138 Å².